The zero-order chi connectivity index (χ0) is 12.1. The molecule has 90 valence electrons. The maximum absolute atomic E-state index is 4.44. The molecule has 1 unspecified atom stereocenters. The van der Waals surface area contributed by atoms with Crippen LogP contribution in [0.1, 0.15) is 32.0 Å². The number of rotatable bonds is 5. The van der Waals surface area contributed by atoms with Gasteiger partial charge in [-0.15, -0.1) is 0 Å². The van der Waals surface area contributed by atoms with Crippen LogP contribution in [-0.4, -0.2) is 26.3 Å². The molecule has 0 aliphatic rings. The molecule has 2 heterocycles. The Labute approximate surface area is 101 Å². The third-order valence-electron chi connectivity index (χ3n) is 2.60. The molecule has 0 saturated heterocycles. The summed E-state index contributed by atoms with van der Waals surface area (Å²) in [5, 5.41) is 7.47. The van der Waals surface area contributed by atoms with E-state index in [1.54, 1.807) is 11.0 Å². The highest BCUT2D eigenvalue weighted by atomic mass is 15.3. The third kappa shape index (κ3) is 2.88. The molecule has 5 nitrogen and oxygen atoms in total. The standard InChI is InChI=1S/C12H17N5/c1-3-6-14-10(2)12-5-4-11(7-15-12)17-9-13-8-16-17/h4-5,7-10,14H,3,6H2,1-2H3. The summed E-state index contributed by atoms with van der Waals surface area (Å²) in [5.41, 5.74) is 1.97. The zero-order valence-electron chi connectivity index (χ0n) is 10.2. The van der Waals surface area contributed by atoms with E-state index in [1.165, 1.54) is 6.33 Å². The minimum atomic E-state index is 0.278. The van der Waals surface area contributed by atoms with Crippen molar-refractivity contribution in [2.75, 3.05) is 6.54 Å². The Morgan fingerprint density at radius 3 is 2.88 bits per heavy atom. The first-order valence-corrected chi connectivity index (χ1v) is 5.85. The molecule has 5 heteroatoms. The van der Waals surface area contributed by atoms with Crippen molar-refractivity contribution in [2.24, 2.45) is 0 Å². The van der Waals surface area contributed by atoms with Crippen LogP contribution < -0.4 is 5.32 Å². The Bertz CT molecular complexity index is 434. The summed E-state index contributed by atoms with van der Waals surface area (Å²) in [5.74, 6) is 0. The van der Waals surface area contributed by atoms with Crippen molar-refractivity contribution in [2.45, 2.75) is 26.3 Å². The molecule has 0 saturated carbocycles. The second-order valence-electron chi connectivity index (χ2n) is 3.96. The van der Waals surface area contributed by atoms with Gasteiger partial charge in [-0.05, 0) is 32.0 Å². The van der Waals surface area contributed by atoms with Crippen LogP contribution in [0.5, 0.6) is 0 Å². The molecule has 0 spiro atoms. The molecule has 0 aliphatic carbocycles. The van der Waals surface area contributed by atoms with Crippen molar-refractivity contribution in [3.8, 4) is 5.69 Å². The monoisotopic (exact) mass is 231 g/mol. The molecular weight excluding hydrogens is 214 g/mol. The number of aromatic nitrogens is 4. The van der Waals surface area contributed by atoms with E-state index in [-0.39, 0.29) is 6.04 Å². The van der Waals surface area contributed by atoms with Gasteiger partial charge in [0, 0.05) is 6.04 Å². The van der Waals surface area contributed by atoms with Crippen LogP contribution in [0.3, 0.4) is 0 Å². The van der Waals surface area contributed by atoms with E-state index < -0.39 is 0 Å². The van der Waals surface area contributed by atoms with Crippen molar-refractivity contribution < 1.29 is 0 Å². The normalized spacial score (nSPS) is 12.6. The average molecular weight is 231 g/mol. The number of hydrogen-bond acceptors (Lipinski definition) is 4. The SMILES string of the molecule is CCCNC(C)c1ccc(-n2cncn2)cn1. The lowest BCUT2D eigenvalue weighted by molar-refractivity contribution is 0.558. The van der Waals surface area contributed by atoms with Crippen molar-refractivity contribution in [3.63, 3.8) is 0 Å². The fraction of sp³-hybridized carbons (Fsp3) is 0.417. The molecular formula is C12H17N5. The summed E-state index contributed by atoms with van der Waals surface area (Å²) in [4.78, 5) is 8.34. The van der Waals surface area contributed by atoms with Gasteiger partial charge < -0.3 is 5.32 Å². The van der Waals surface area contributed by atoms with Crippen LogP contribution in [0.25, 0.3) is 5.69 Å². The molecule has 0 amide bonds. The van der Waals surface area contributed by atoms with E-state index in [4.69, 9.17) is 0 Å². The van der Waals surface area contributed by atoms with Crippen molar-refractivity contribution >= 4 is 0 Å². The fourth-order valence-electron chi connectivity index (χ4n) is 1.60. The Balaban J connectivity index is 2.08. The Morgan fingerprint density at radius 1 is 1.41 bits per heavy atom. The van der Waals surface area contributed by atoms with Crippen LogP contribution in [0, 0.1) is 0 Å². The molecule has 0 aromatic carbocycles. The van der Waals surface area contributed by atoms with Crippen LogP contribution in [0.2, 0.25) is 0 Å². The quantitative estimate of drug-likeness (QED) is 0.851. The predicted molar refractivity (Wildman–Crippen MR) is 65.9 cm³/mol. The maximum atomic E-state index is 4.44. The summed E-state index contributed by atoms with van der Waals surface area (Å²) < 4.78 is 1.70. The highest BCUT2D eigenvalue weighted by Crippen LogP contribution is 2.11. The first-order chi connectivity index (χ1) is 8.31. The van der Waals surface area contributed by atoms with E-state index >= 15 is 0 Å². The van der Waals surface area contributed by atoms with Gasteiger partial charge in [0.25, 0.3) is 0 Å². The molecule has 2 aromatic rings. The maximum Gasteiger partial charge on any atom is 0.138 e. The number of pyridine rings is 1. The molecule has 1 N–H and O–H groups in total. The molecule has 1 atom stereocenters. The van der Waals surface area contributed by atoms with Gasteiger partial charge in [-0.1, -0.05) is 6.92 Å². The first kappa shape index (κ1) is 11.7. The molecule has 0 radical (unpaired) electrons. The summed E-state index contributed by atoms with van der Waals surface area (Å²) in [6, 6.07) is 4.30. The van der Waals surface area contributed by atoms with Crippen molar-refractivity contribution in [1.82, 2.24) is 25.1 Å². The first-order valence-electron chi connectivity index (χ1n) is 5.85. The van der Waals surface area contributed by atoms with Gasteiger partial charge in [0.05, 0.1) is 17.6 Å². The number of nitrogens with one attached hydrogen (secondary N) is 1. The molecule has 0 aliphatic heterocycles. The summed E-state index contributed by atoms with van der Waals surface area (Å²) in [6.45, 7) is 5.28. The van der Waals surface area contributed by atoms with Gasteiger partial charge in [0.2, 0.25) is 0 Å². The van der Waals surface area contributed by atoms with E-state index in [0.717, 1.165) is 24.3 Å². The Hall–Kier alpha value is -1.75. The summed E-state index contributed by atoms with van der Waals surface area (Å²) in [6.07, 6.45) is 6.12. The second-order valence-corrected chi connectivity index (χ2v) is 3.96. The van der Waals surface area contributed by atoms with Gasteiger partial charge in [-0.2, -0.15) is 5.10 Å². The van der Waals surface area contributed by atoms with Gasteiger partial charge in [-0.3, -0.25) is 4.98 Å². The predicted octanol–water partition coefficient (Wildman–Crippen LogP) is 1.72. The lowest BCUT2D eigenvalue weighted by Gasteiger charge is -2.12. The molecule has 2 aromatic heterocycles. The lowest BCUT2D eigenvalue weighted by atomic mass is 10.2. The lowest BCUT2D eigenvalue weighted by Crippen LogP contribution is -2.20. The molecule has 17 heavy (non-hydrogen) atoms. The van der Waals surface area contributed by atoms with Gasteiger partial charge in [-0.25, -0.2) is 9.67 Å². The largest absolute Gasteiger partial charge is 0.309 e. The molecule has 0 fully saturated rings. The minimum absolute atomic E-state index is 0.278. The molecule has 0 bridgehead atoms. The Kier molecular flexibility index (Phi) is 3.82. The smallest absolute Gasteiger partial charge is 0.138 e. The van der Waals surface area contributed by atoms with Crippen LogP contribution >= 0.6 is 0 Å². The summed E-state index contributed by atoms with van der Waals surface area (Å²) in [7, 11) is 0. The zero-order valence-corrected chi connectivity index (χ0v) is 10.2. The average Bonchev–Trinajstić information content (AvgIpc) is 2.90. The topological polar surface area (TPSA) is 55.6 Å². The highest BCUT2D eigenvalue weighted by Gasteiger charge is 2.05. The molecule has 2 rings (SSSR count). The van der Waals surface area contributed by atoms with Gasteiger partial charge >= 0.3 is 0 Å². The van der Waals surface area contributed by atoms with E-state index in [0.29, 0.717) is 0 Å². The number of hydrogen-bond donors (Lipinski definition) is 1. The van der Waals surface area contributed by atoms with Crippen LogP contribution in [-0.2, 0) is 0 Å². The van der Waals surface area contributed by atoms with E-state index in [1.807, 2.05) is 18.3 Å². The Morgan fingerprint density at radius 2 is 2.29 bits per heavy atom. The summed E-state index contributed by atoms with van der Waals surface area (Å²) >= 11 is 0. The van der Waals surface area contributed by atoms with Crippen molar-refractivity contribution in [3.05, 3.63) is 36.7 Å². The van der Waals surface area contributed by atoms with E-state index in [9.17, 15) is 0 Å². The minimum Gasteiger partial charge on any atom is -0.309 e. The van der Waals surface area contributed by atoms with Crippen molar-refractivity contribution in [1.29, 1.82) is 0 Å². The third-order valence-corrected chi connectivity index (χ3v) is 2.60. The van der Waals surface area contributed by atoms with E-state index in [2.05, 4.69) is 34.2 Å². The van der Waals surface area contributed by atoms with Crippen LogP contribution in [0.15, 0.2) is 31.0 Å². The second kappa shape index (κ2) is 5.54. The van der Waals surface area contributed by atoms with Gasteiger partial charge in [0.1, 0.15) is 12.7 Å². The van der Waals surface area contributed by atoms with Crippen LogP contribution in [0.4, 0.5) is 0 Å². The van der Waals surface area contributed by atoms with Gasteiger partial charge in [0.15, 0.2) is 0 Å². The highest BCUT2D eigenvalue weighted by molar-refractivity contribution is 5.28. The number of nitrogens with zero attached hydrogens (tertiary/aromatic N) is 4. The fourth-order valence-corrected chi connectivity index (χ4v) is 1.60.